The Bertz CT molecular complexity index is 1230. The van der Waals surface area contributed by atoms with E-state index in [2.05, 4.69) is 4.72 Å². The minimum Gasteiger partial charge on any atom is -0.379 e. The molecule has 9 heteroatoms. The molecule has 0 aromatic heterocycles. The van der Waals surface area contributed by atoms with E-state index in [0.717, 1.165) is 10.8 Å². The van der Waals surface area contributed by atoms with Crippen LogP contribution in [0.15, 0.2) is 76.5 Å². The number of anilines is 1. The first-order chi connectivity index (χ1) is 13.9. The molecular formula is C20H20N2O5S2. The Hall–Kier alpha value is -2.46. The Kier molecular flexibility index (Phi) is 5.30. The van der Waals surface area contributed by atoms with Crippen LogP contribution in [0, 0.1) is 0 Å². The minimum absolute atomic E-state index is 0.119. The summed E-state index contributed by atoms with van der Waals surface area (Å²) in [6.45, 7) is 1.34. The van der Waals surface area contributed by atoms with Gasteiger partial charge in [-0.05, 0) is 47.2 Å². The average molecular weight is 433 g/mol. The predicted octanol–water partition coefficient (Wildman–Crippen LogP) is 2.66. The van der Waals surface area contributed by atoms with Crippen LogP contribution in [0.3, 0.4) is 0 Å². The smallest absolute Gasteiger partial charge is 0.261 e. The summed E-state index contributed by atoms with van der Waals surface area (Å²) in [6, 6.07) is 18.1. The van der Waals surface area contributed by atoms with Gasteiger partial charge in [-0.2, -0.15) is 4.31 Å². The molecule has 1 heterocycles. The highest BCUT2D eigenvalue weighted by atomic mass is 32.2. The molecule has 4 rings (SSSR count). The van der Waals surface area contributed by atoms with E-state index in [9.17, 15) is 16.8 Å². The normalized spacial score (nSPS) is 16.0. The van der Waals surface area contributed by atoms with Gasteiger partial charge in [0.2, 0.25) is 10.0 Å². The highest BCUT2D eigenvalue weighted by Gasteiger charge is 2.26. The molecule has 1 N–H and O–H groups in total. The van der Waals surface area contributed by atoms with E-state index in [4.69, 9.17) is 4.74 Å². The van der Waals surface area contributed by atoms with Gasteiger partial charge < -0.3 is 4.74 Å². The summed E-state index contributed by atoms with van der Waals surface area (Å²) < 4.78 is 59.8. The molecule has 1 aliphatic rings. The molecule has 0 radical (unpaired) electrons. The largest absolute Gasteiger partial charge is 0.379 e. The second kappa shape index (κ2) is 7.75. The van der Waals surface area contributed by atoms with Crippen molar-refractivity contribution >= 4 is 36.5 Å². The molecular weight excluding hydrogens is 412 g/mol. The van der Waals surface area contributed by atoms with Gasteiger partial charge in [-0.1, -0.05) is 30.3 Å². The van der Waals surface area contributed by atoms with Crippen LogP contribution in [0.4, 0.5) is 5.69 Å². The zero-order valence-electron chi connectivity index (χ0n) is 15.5. The number of sulfonamides is 2. The van der Waals surface area contributed by atoms with Crippen molar-refractivity contribution in [1.82, 2.24) is 4.31 Å². The second-order valence-electron chi connectivity index (χ2n) is 6.66. The molecule has 1 saturated heterocycles. The molecule has 1 aliphatic heterocycles. The lowest BCUT2D eigenvalue weighted by Gasteiger charge is -2.26. The topological polar surface area (TPSA) is 92.8 Å². The fourth-order valence-corrected chi connectivity index (χ4v) is 5.68. The molecule has 7 nitrogen and oxygen atoms in total. The Morgan fingerprint density at radius 1 is 0.759 bits per heavy atom. The molecule has 152 valence electrons. The number of hydrogen-bond donors (Lipinski definition) is 1. The van der Waals surface area contributed by atoms with Crippen molar-refractivity contribution < 1.29 is 21.6 Å². The lowest BCUT2D eigenvalue weighted by atomic mass is 10.1. The van der Waals surface area contributed by atoms with E-state index >= 15 is 0 Å². The Balaban J connectivity index is 1.55. The zero-order valence-corrected chi connectivity index (χ0v) is 17.1. The maximum absolute atomic E-state index is 12.7. The lowest BCUT2D eigenvalue weighted by molar-refractivity contribution is 0.0730. The molecule has 1 fully saturated rings. The molecule has 29 heavy (non-hydrogen) atoms. The lowest BCUT2D eigenvalue weighted by Crippen LogP contribution is -2.40. The molecule has 0 amide bonds. The summed E-state index contributed by atoms with van der Waals surface area (Å²) in [5.41, 5.74) is 0.291. The molecule has 3 aromatic rings. The van der Waals surface area contributed by atoms with Gasteiger partial charge in [-0.3, -0.25) is 4.72 Å². The molecule has 0 saturated carbocycles. The second-order valence-corrected chi connectivity index (χ2v) is 10.3. The summed E-state index contributed by atoms with van der Waals surface area (Å²) >= 11 is 0. The number of fused-ring (bicyclic) bond motifs is 1. The average Bonchev–Trinajstić information content (AvgIpc) is 2.74. The fourth-order valence-electron chi connectivity index (χ4n) is 3.18. The summed E-state index contributed by atoms with van der Waals surface area (Å²) in [7, 11) is -7.42. The van der Waals surface area contributed by atoms with E-state index < -0.39 is 20.0 Å². The molecule has 0 atom stereocenters. The van der Waals surface area contributed by atoms with Crippen LogP contribution in [0.5, 0.6) is 0 Å². The van der Waals surface area contributed by atoms with Gasteiger partial charge in [-0.15, -0.1) is 0 Å². The number of nitrogens with one attached hydrogen (secondary N) is 1. The third-order valence-electron chi connectivity index (χ3n) is 4.75. The van der Waals surface area contributed by atoms with Gasteiger partial charge >= 0.3 is 0 Å². The number of nitrogens with zero attached hydrogens (tertiary/aromatic N) is 1. The third kappa shape index (κ3) is 4.13. The highest BCUT2D eigenvalue weighted by Crippen LogP contribution is 2.23. The van der Waals surface area contributed by atoms with Crippen LogP contribution in [-0.2, 0) is 24.8 Å². The summed E-state index contributed by atoms with van der Waals surface area (Å²) in [5.74, 6) is 0. The van der Waals surface area contributed by atoms with Crippen LogP contribution in [0.1, 0.15) is 0 Å². The van der Waals surface area contributed by atoms with Gasteiger partial charge in [0.1, 0.15) is 0 Å². The van der Waals surface area contributed by atoms with Gasteiger partial charge in [0.15, 0.2) is 0 Å². The fraction of sp³-hybridized carbons (Fsp3) is 0.200. The minimum atomic E-state index is -3.80. The molecule has 0 unspecified atom stereocenters. The monoisotopic (exact) mass is 432 g/mol. The maximum atomic E-state index is 12.7. The maximum Gasteiger partial charge on any atom is 0.261 e. The highest BCUT2D eigenvalue weighted by molar-refractivity contribution is 7.92. The summed E-state index contributed by atoms with van der Waals surface area (Å²) in [4.78, 5) is 0.259. The van der Waals surface area contributed by atoms with Crippen molar-refractivity contribution in [3.05, 3.63) is 66.7 Å². The predicted molar refractivity (Wildman–Crippen MR) is 111 cm³/mol. The van der Waals surface area contributed by atoms with Crippen LogP contribution in [-0.4, -0.2) is 47.4 Å². The Morgan fingerprint density at radius 2 is 1.38 bits per heavy atom. The van der Waals surface area contributed by atoms with Crippen LogP contribution in [0.25, 0.3) is 10.8 Å². The first kappa shape index (κ1) is 19.8. The van der Waals surface area contributed by atoms with Gasteiger partial charge in [0.05, 0.1) is 23.0 Å². The van der Waals surface area contributed by atoms with E-state index in [0.29, 0.717) is 32.0 Å². The van der Waals surface area contributed by atoms with Gasteiger partial charge in [-0.25, -0.2) is 16.8 Å². The van der Waals surface area contributed by atoms with Crippen molar-refractivity contribution in [3.63, 3.8) is 0 Å². The molecule has 0 spiro atoms. The van der Waals surface area contributed by atoms with E-state index in [1.807, 2.05) is 24.3 Å². The van der Waals surface area contributed by atoms with Crippen molar-refractivity contribution in [1.29, 1.82) is 0 Å². The summed E-state index contributed by atoms with van der Waals surface area (Å²) in [6.07, 6.45) is 0. The first-order valence-electron chi connectivity index (χ1n) is 9.06. The molecule has 0 bridgehead atoms. The van der Waals surface area contributed by atoms with Crippen LogP contribution >= 0.6 is 0 Å². The number of morpholine rings is 1. The van der Waals surface area contributed by atoms with Crippen molar-refractivity contribution in [2.75, 3.05) is 31.0 Å². The van der Waals surface area contributed by atoms with Crippen LogP contribution < -0.4 is 4.72 Å². The van der Waals surface area contributed by atoms with Crippen LogP contribution in [0.2, 0.25) is 0 Å². The Labute approximate surface area is 170 Å². The standard InChI is InChI=1S/C20H20N2O5S2/c23-28(24,20-8-5-16-3-1-2-4-17(16)15-20)21-18-6-9-19(10-7-18)29(25,26)22-11-13-27-14-12-22/h1-10,15,21H,11-14H2. The van der Waals surface area contributed by atoms with E-state index in [-0.39, 0.29) is 9.79 Å². The molecule has 0 aliphatic carbocycles. The van der Waals surface area contributed by atoms with Gasteiger partial charge in [0, 0.05) is 18.8 Å². The number of rotatable bonds is 5. The SMILES string of the molecule is O=S(=O)(Nc1ccc(S(=O)(=O)N2CCOCC2)cc1)c1ccc2ccccc2c1. The number of benzene rings is 3. The van der Waals surface area contributed by atoms with Gasteiger partial charge in [0.25, 0.3) is 10.0 Å². The zero-order chi connectivity index (χ0) is 20.5. The first-order valence-corrected chi connectivity index (χ1v) is 12.0. The number of hydrogen-bond acceptors (Lipinski definition) is 5. The van der Waals surface area contributed by atoms with Crippen molar-refractivity contribution in [3.8, 4) is 0 Å². The van der Waals surface area contributed by atoms with Crippen molar-refractivity contribution in [2.24, 2.45) is 0 Å². The molecule has 3 aromatic carbocycles. The Morgan fingerprint density at radius 3 is 2.07 bits per heavy atom. The third-order valence-corrected chi connectivity index (χ3v) is 8.04. The summed E-state index contributed by atoms with van der Waals surface area (Å²) in [5, 5.41) is 1.77. The number of ether oxygens (including phenoxy) is 1. The quantitative estimate of drug-likeness (QED) is 0.669. The van der Waals surface area contributed by atoms with E-state index in [1.54, 1.807) is 18.2 Å². The van der Waals surface area contributed by atoms with Crippen molar-refractivity contribution in [2.45, 2.75) is 9.79 Å². The van der Waals surface area contributed by atoms with E-state index in [1.165, 1.54) is 28.6 Å².